The summed E-state index contributed by atoms with van der Waals surface area (Å²) in [6.45, 7) is 1.71. The van der Waals surface area contributed by atoms with Crippen molar-refractivity contribution in [1.29, 1.82) is 0 Å². The third-order valence-corrected chi connectivity index (χ3v) is 5.11. The fourth-order valence-corrected chi connectivity index (χ4v) is 3.30. The summed E-state index contributed by atoms with van der Waals surface area (Å²) in [5, 5.41) is 8.31. The van der Waals surface area contributed by atoms with Crippen LogP contribution in [0.15, 0.2) is 59.0 Å². The van der Waals surface area contributed by atoms with Gasteiger partial charge < -0.3 is 14.1 Å². The van der Waals surface area contributed by atoms with Crippen molar-refractivity contribution < 1.29 is 9.15 Å². The van der Waals surface area contributed by atoms with Crippen molar-refractivity contribution >= 4 is 11.8 Å². The summed E-state index contributed by atoms with van der Waals surface area (Å²) in [6, 6.07) is 17.8. The van der Waals surface area contributed by atoms with Crippen molar-refractivity contribution in [1.82, 2.24) is 15.1 Å². The highest BCUT2D eigenvalue weighted by atomic mass is 32.2. The molecule has 0 amide bonds. The molecule has 0 bridgehead atoms. The molecule has 0 spiro atoms. The van der Waals surface area contributed by atoms with Crippen molar-refractivity contribution in [2.75, 3.05) is 33.0 Å². The molecule has 0 radical (unpaired) electrons. The Morgan fingerprint density at radius 2 is 1.83 bits per heavy atom. The number of benzene rings is 2. The maximum absolute atomic E-state index is 5.79. The number of ether oxygens (including phenoxy) is 1. The number of hydrogen-bond acceptors (Lipinski definition) is 6. The molecule has 2 aromatic carbocycles. The molecule has 0 aliphatic rings. The lowest BCUT2D eigenvalue weighted by atomic mass is 10.1. The van der Waals surface area contributed by atoms with Crippen LogP contribution in [0.4, 0.5) is 0 Å². The Hall–Kier alpha value is -2.75. The fourth-order valence-electron chi connectivity index (χ4n) is 2.67. The van der Waals surface area contributed by atoms with E-state index in [4.69, 9.17) is 9.15 Å². The van der Waals surface area contributed by atoms with Gasteiger partial charge in [-0.2, -0.15) is 0 Å². The van der Waals surface area contributed by atoms with Crippen LogP contribution in [0.25, 0.3) is 11.5 Å². The number of para-hydroxylation sites is 1. The van der Waals surface area contributed by atoms with Crippen LogP contribution in [0.3, 0.4) is 0 Å². The first-order chi connectivity index (χ1) is 14.7. The summed E-state index contributed by atoms with van der Waals surface area (Å²) in [7, 11) is 4.16. The van der Waals surface area contributed by atoms with E-state index < -0.39 is 0 Å². The van der Waals surface area contributed by atoms with Crippen LogP contribution in [0.1, 0.15) is 24.3 Å². The molecule has 0 unspecified atom stereocenters. The molecule has 0 N–H and O–H groups in total. The quantitative estimate of drug-likeness (QED) is 0.348. The minimum atomic E-state index is 0.539. The van der Waals surface area contributed by atoms with Gasteiger partial charge in [-0.3, -0.25) is 0 Å². The zero-order chi connectivity index (χ0) is 21.0. The Morgan fingerprint density at radius 3 is 2.60 bits per heavy atom. The number of hydrogen-bond donors (Lipinski definition) is 0. The van der Waals surface area contributed by atoms with Gasteiger partial charge >= 0.3 is 0 Å². The molecule has 3 rings (SSSR count). The van der Waals surface area contributed by atoms with E-state index in [1.54, 1.807) is 11.8 Å². The monoisotopic (exact) mass is 421 g/mol. The average Bonchev–Trinajstić information content (AvgIpc) is 3.23. The van der Waals surface area contributed by atoms with Crippen molar-refractivity contribution in [3.63, 3.8) is 0 Å². The molecule has 5 nitrogen and oxygen atoms in total. The summed E-state index contributed by atoms with van der Waals surface area (Å²) >= 11 is 1.71. The van der Waals surface area contributed by atoms with Crippen LogP contribution in [0.5, 0.6) is 5.75 Å². The maximum Gasteiger partial charge on any atom is 0.247 e. The Labute approximate surface area is 182 Å². The molecule has 0 saturated heterocycles. The zero-order valence-electron chi connectivity index (χ0n) is 17.5. The van der Waals surface area contributed by atoms with Crippen LogP contribution >= 0.6 is 11.8 Å². The zero-order valence-corrected chi connectivity index (χ0v) is 18.3. The lowest BCUT2D eigenvalue weighted by molar-refractivity contribution is 0.344. The van der Waals surface area contributed by atoms with E-state index in [9.17, 15) is 0 Å². The van der Waals surface area contributed by atoms with E-state index in [0.29, 0.717) is 24.1 Å². The molecule has 30 heavy (non-hydrogen) atoms. The molecule has 0 atom stereocenters. The third-order valence-electron chi connectivity index (χ3n) is 4.20. The average molecular weight is 422 g/mol. The molecular formula is C24H27N3O2S. The van der Waals surface area contributed by atoms with E-state index in [1.165, 1.54) is 0 Å². The van der Waals surface area contributed by atoms with E-state index in [0.717, 1.165) is 42.0 Å². The first-order valence-electron chi connectivity index (χ1n) is 10.0. The number of aromatic nitrogens is 2. The van der Waals surface area contributed by atoms with Gasteiger partial charge in [-0.15, -0.1) is 22.0 Å². The van der Waals surface area contributed by atoms with Gasteiger partial charge in [0.05, 0.1) is 12.4 Å². The fraction of sp³-hybridized carbons (Fsp3) is 0.333. The molecule has 1 aromatic heterocycles. The predicted molar refractivity (Wildman–Crippen MR) is 122 cm³/mol. The molecule has 0 saturated carbocycles. The van der Waals surface area contributed by atoms with Gasteiger partial charge in [-0.25, -0.2) is 0 Å². The van der Waals surface area contributed by atoms with E-state index in [1.807, 2.05) is 54.6 Å². The van der Waals surface area contributed by atoms with Crippen molar-refractivity contribution in [3.8, 4) is 29.0 Å². The van der Waals surface area contributed by atoms with E-state index in [2.05, 4.69) is 41.0 Å². The Balaban J connectivity index is 1.41. The molecule has 3 aromatic rings. The van der Waals surface area contributed by atoms with Crippen LogP contribution in [-0.2, 0) is 5.75 Å². The second-order valence-electron chi connectivity index (χ2n) is 7.00. The van der Waals surface area contributed by atoms with Crippen LogP contribution in [0, 0.1) is 11.8 Å². The normalized spacial score (nSPS) is 10.6. The van der Waals surface area contributed by atoms with Gasteiger partial charge in [-0.05, 0) is 63.5 Å². The smallest absolute Gasteiger partial charge is 0.247 e. The van der Waals surface area contributed by atoms with Crippen molar-refractivity contribution in [2.24, 2.45) is 0 Å². The van der Waals surface area contributed by atoms with Crippen LogP contribution < -0.4 is 4.74 Å². The lowest BCUT2D eigenvalue weighted by Gasteiger charge is -2.05. The molecule has 0 aliphatic carbocycles. The van der Waals surface area contributed by atoms with Gasteiger partial charge in [0.15, 0.2) is 0 Å². The largest absolute Gasteiger partial charge is 0.493 e. The Morgan fingerprint density at radius 1 is 1.03 bits per heavy atom. The van der Waals surface area contributed by atoms with Gasteiger partial charge in [0, 0.05) is 23.3 Å². The number of thioether (sulfide) groups is 1. The van der Waals surface area contributed by atoms with Gasteiger partial charge in [-0.1, -0.05) is 30.0 Å². The first kappa shape index (κ1) is 21.9. The van der Waals surface area contributed by atoms with E-state index in [-0.39, 0.29) is 0 Å². The van der Waals surface area contributed by atoms with Crippen molar-refractivity contribution in [3.05, 3.63) is 66.1 Å². The lowest BCUT2D eigenvalue weighted by Crippen LogP contribution is -2.12. The summed E-state index contributed by atoms with van der Waals surface area (Å²) in [5.74, 6) is 10.0. The summed E-state index contributed by atoms with van der Waals surface area (Å²) in [4.78, 5) is 2.17. The molecule has 0 aliphatic heterocycles. The highest BCUT2D eigenvalue weighted by Gasteiger charge is 2.08. The summed E-state index contributed by atoms with van der Waals surface area (Å²) < 4.78 is 11.5. The molecule has 1 heterocycles. The van der Waals surface area contributed by atoms with Crippen molar-refractivity contribution in [2.45, 2.75) is 18.6 Å². The van der Waals surface area contributed by atoms with Crippen LogP contribution in [0.2, 0.25) is 0 Å². The minimum absolute atomic E-state index is 0.539. The predicted octanol–water partition coefficient (Wildman–Crippen LogP) is 4.74. The van der Waals surface area contributed by atoms with Gasteiger partial charge in [0.1, 0.15) is 5.75 Å². The topological polar surface area (TPSA) is 51.4 Å². The van der Waals surface area contributed by atoms with Crippen LogP contribution in [-0.4, -0.2) is 48.1 Å². The maximum atomic E-state index is 5.79. The number of unbranched alkanes of at least 4 members (excludes halogenated alkanes) is 1. The van der Waals surface area contributed by atoms with Gasteiger partial charge in [0.25, 0.3) is 0 Å². The number of rotatable bonds is 10. The highest BCUT2D eigenvalue weighted by Crippen LogP contribution is 2.20. The standard InChI is InChI=1S/C24H27N3O2S/c1-27(2)16-8-4-5-9-20-12-14-21(15-13-20)24-26-25-23(29-24)19-30-18-17-28-22-10-6-3-7-11-22/h3,6-7,10-15H,4,8,16-19H2,1-2H3. The SMILES string of the molecule is CN(C)CCCC#Cc1ccc(-c2nnc(CSCCOc3ccccc3)o2)cc1. The van der Waals surface area contributed by atoms with Gasteiger partial charge in [0.2, 0.25) is 11.8 Å². The van der Waals surface area contributed by atoms with E-state index >= 15 is 0 Å². The summed E-state index contributed by atoms with van der Waals surface area (Å²) in [6.07, 6.45) is 1.99. The Kier molecular flexibility index (Phi) is 8.82. The first-order valence-corrected chi connectivity index (χ1v) is 11.2. The molecule has 0 fully saturated rings. The Bertz CT molecular complexity index is 944. The second-order valence-corrected chi connectivity index (χ2v) is 8.11. The molecule has 156 valence electrons. The summed E-state index contributed by atoms with van der Waals surface area (Å²) in [5.41, 5.74) is 1.90. The number of nitrogens with zero attached hydrogens (tertiary/aromatic N) is 3. The molecular weight excluding hydrogens is 394 g/mol. The molecule has 6 heteroatoms. The minimum Gasteiger partial charge on any atom is -0.493 e. The highest BCUT2D eigenvalue weighted by molar-refractivity contribution is 7.98. The third kappa shape index (κ3) is 7.58. The second kappa shape index (κ2) is 12.1.